The Morgan fingerprint density at radius 3 is 2.18 bits per heavy atom. The number of sulfonamides is 1. The molecule has 0 saturated carbocycles. The van der Waals surface area contributed by atoms with Gasteiger partial charge in [-0.1, -0.05) is 56.3 Å². The van der Waals surface area contributed by atoms with E-state index in [0.29, 0.717) is 29.5 Å². The van der Waals surface area contributed by atoms with E-state index in [1.165, 1.54) is 4.90 Å². The molecule has 0 aliphatic carbocycles. The summed E-state index contributed by atoms with van der Waals surface area (Å²) in [6.45, 7) is 5.64. The van der Waals surface area contributed by atoms with Crippen LogP contribution in [0.4, 0.5) is 5.69 Å². The molecule has 0 unspecified atom stereocenters. The fraction of sp³-hybridized carbons (Fsp3) is 0.440. The predicted octanol–water partition coefficient (Wildman–Crippen LogP) is 3.98. The van der Waals surface area contributed by atoms with Gasteiger partial charge in [0.25, 0.3) is 0 Å². The Balaban J connectivity index is 2.37. The zero-order valence-electron chi connectivity index (χ0n) is 20.2. The van der Waals surface area contributed by atoms with Crippen LogP contribution in [0.15, 0.2) is 59.1 Å². The highest BCUT2D eigenvalue weighted by atomic mass is 79.9. The van der Waals surface area contributed by atoms with E-state index in [4.69, 9.17) is 0 Å². The first-order valence-electron chi connectivity index (χ1n) is 11.4. The van der Waals surface area contributed by atoms with Crippen LogP contribution < -0.4 is 9.62 Å². The molecule has 9 heteroatoms. The van der Waals surface area contributed by atoms with Crippen LogP contribution in [0.2, 0.25) is 0 Å². The largest absolute Gasteiger partial charge is 0.352 e. The fourth-order valence-corrected chi connectivity index (χ4v) is 5.06. The van der Waals surface area contributed by atoms with Crippen LogP contribution in [0.3, 0.4) is 0 Å². The highest BCUT2D eigenvalue weighted by molar-refractivity contribution is 9.10. The molecule has 0 radical (unpaired) electrons. The second-order valence-electron chi connectivity index (χ2n) is 8.29. The van der Waals surface area contributed by atoms with Crippen LogP contribution >= 0.6 is 15.9 Å². The number of nitrogens with one attached hydrogen (secondary N) is 1. The maximum Gasteiger partial charge on any atom is 0.244 e. The van der Waals surface area contributed by atoms with Gasteiger partial charge in [0.05, 0.1) is 11.9 Å². The molecule has 186 valence electrons. The van der Waals surface area contributed by atoms with Crippen molar-refractivity contribution in [3.63, 3.8) is 0 Å². The Kier molecular flexibility index (Phi) is 10.6. The molecule has 0 fully saturated rings. The topological polar surface area (TPSA) is 86.8 Å². The third-order valence-electron chi connectivity index (χ3n) is 5.67. The summed E-state index contributed by atoms with van der Waals surface area (Å²) in [5.41, 5.74) is 1.40. The number of nitrogens with zero attached hydrogens (tertiary/aromatic N) is 2. The smallest absolute Gasteiger partial charge is 0.244 e. The minimum absolute atomic E-state index is 0.0274. The molecular formula is C25H34BrN3O4S. The first-order valence-corrected chi connectivity index (χ1v) is 14.1. The summed E-state index contributed by atoms with van der Waals surface area (Å²) in [6.07, 6.45) is 2.80. The van der Waals surface area contributed by atoms with Gasteiger partial charge in [-0.3, -0.25) is 13.9 Å². The fourth-order valence-electron chi connectivity index (χ4n) is 3.59. The molecule has 2 aromatic carbocycles. The van der Waals surface area contributed by atoms with Crippen molar-refractivity contribution >= 4 is 43.5 Å². The maximum atomic E-state index is 13.6. The normalized spacial score (nSPS) is 13.1. The Hall–Kier alpha value is -2.39. The van der Waals surface area contributed by atoms with Crippen LogP contribution in [-0.4, -0.2) is 56.6 Å². The quantitative estimate of drug-likeness (QED) is 0.432. The molecule has 1 N–H and O–H groups in total. The van der Waals surface area contributed by atoms with Crippen LogP contribution in [-0.2, 0) is 26.0 Å². The number of para-hydroxylation sites is 1. The van der Waals surface area contributed by atoms with Crippen molar-refractivity contribution in [1.29, 1.82) is 0 Å². The second kappa shape index (κ2) is 12.9. The van der Waals surface area contributed by atoms with Crippen LogP contribution in [0.5, 0.6) is 0 Å². The van der Waals surface area contributed by atoms with Crippen LogP contribution in [0.1, 0.15) is 39.2 Å². The molecule has 2 atom stereocenters. The summed E-state index contributed by atoms with van der Waals surface area (Å²) in [7, 11) is -3.76. The summed E-state index contributed by atoms with van der Waals surface area (Å²) in [5, 5.41) is 2.97. The highest BCUT2D eigenvalue weighted by Crippen LogP contribution is 2.28. The van der Waals surface area contributed by atoms with Gasteiger partial charge >= 0.3 is 0 Å². The van der Waals surface area contributed by atoms with E-state index in [9.17, 15) is 18.0 Å². The summed E-state index contributed by atoms with van der Waals surface area (Å²) in [4.78, 5) is 28.2. The van der Waals surface area contributed by atoms with E-state index in [0.717, 1.165) is 22.5 Å². The van der Waals surface area contributed by atoms with Crippen molar-refractivity contribution in [2.24, 2.45) is 0 Å². The average Bonchev–Trinajstić information content (AvgIpc) is 2.80. The van der Waals surface area contributed by atoms with Gasteiger partial charge in [0, 0.05) is 17.1 Å². The molecule has 0 aliphatic rings. The van der Waals surface area contributed by atoms with Crippen molar-refractivity contribution in [2.75, 3.05) is 23.7 Å². The van der Waals surface area contributed by atoms with E-state index in [1.807, 2.05) is 51.1 Å². The number of hydrogen-bond acceptors (Lipinski definition) is 4. The third-order valence-corrected chi connectivity index (χ3v) is 7.47. The van der Waals surface area contributed by atoms with Crippen molar-refractivity contribution in [1.82, 2.24) is 10.2 Å². The summed E-state index contributed by atoms with van der Waals surface area (Å²) in [5.74, 6) is -0.659. The Morgan fingerprint density at radius 2 is 1.62 bits per heavy atom. The molecule has 2 aromatic rings. The summed E-state index contributed by atoms with van der Waals surface area (Å²) in [6, 6.07) is 15.8. The molecule has 0 aromatic heterocycles. The number of halogens is 1. The third kappa shape index (κ3) is 7.84. The molecule has 7 nitrogen and oxygen atoms in total. The number of benzene rings is 2. The average molecular weight is 553 g/mol. The maximum absolute atomic E-state index is 13.6. The second-order valence-corrected chi connectivity index (χ2v) is 11.0. The van der Waals surface area contributed by atoms with Gasteiger partial charge in [-0.2, -0.15) is 0 Å². The Bertz CT molecular complexity index is 1060. The number of carbonyl (C=O) groups is 2. The molecule has 0 aliphatic heterocycles. The lowest BCUT2D eigenvalue weighted by Gasteiger charge is -2.33. The number of carbonyl (C=O) groups excluding carboxylic acids is 2. The lowest BCUT2D eigenvalue weighted by molar-refractivity contribution is -0.139. The summed E-state index contributed by atoms with van der Waals surface area (Å²) >= 11 is 3.38. The Morgan fingerprint density at radius 1 is 1.00 bits per heavy atom. The molecule has 0 heterocycles. The zero-order chi connectivity index (χ0) is 25.3. The van der Waals surface area contributed by atoms with Gasteiger partial charge in [0.15, 0.2) is 0 Å². The first-order chi connectivity index (χ1) is 16.1. The van der Waals surface area contributed by atoms with Crippen LogP contribution in [0, 0.1) is 0 Å². The lowest BCUT2D eigenvalue weighted by atomic mass is 10.1. The first kappa shape index (κ1) is 27.9. The monoisotopic (exact) mass is 551 g/mol. The van der Waals surface area contributed by atoms with Gasteiger partial charge in [-0.15, -0.1) is 0 Å². The van der Waals surface area contributed by atoms with E-state index in [-0.39, 0.29) is 11.9 Å². The lowest BCUT2D eigenvalue weighted by Crippen LogP contribution is -2.54. The van der Waals surface area contributed by atoms with Gasteiger partial charge in [-0.05, 0) is 59.8 Å². The van der Waals surface area contributed by atoms with Crippen LogP contribution in [0.25, 0.3) is 0 Å². The van der Waals surface area contributed by atoms with E-state index in [2.05, 4.69) is 21.2 Å². The molecule has 0 spiro atoms. The molecule has 2 amide bonds. The molecule has 2 rings (SSSR count). The number of anilines is 1. The van der Waals surface area contributed by atoms with Gasteiger partial charge in [0.1, 0.15) is 12.6 Å². The predicted molar refractivity (Wildman–Crippen MR) is 140 cm³/mol. The van der Waals surface area contributed by atoms with Gasteiger partial charge < -0.3 is 10.2 Å². The summed E-state index contributed by atoms with van der Waals surface area (Å²) < 4.78 is 26.9. The van der Waals surface area contributed by atoms with E-state index in [1.54, 1.807) is 24.3 Å². The van der Waals surface area contributed by atoms with Crippen molar-refractivity contribution in [3.05, 3.63) is 64.6 Å². The zero-order valence-corrected chi connectivity index (χ0v) is 22.6. The SMILES string of the molecule is CC[C@H](C)NC(=O)[C@H](CC)N(CCc1ccccc1)C(=O)CN(c1ccccc1Br)S(C)(=O)=O. The van der Waals surface area contributed by atoms with Gasteiger partial charge in [-0.25, -0.2) is 8.42 Å². The molecule has 0 saturated heterocycles. The van der Waals surface area contributed by atoms with Crippen molar-refractivity contribution < 1.29 is 18.0 Å². The number of amides is 2. The highest BCUT2D eigenvalue weighted by Gasteiger charge is 2.32. The number of hydrogen-bond donors (Lipinski definition) is 1. The minimum Gasteiger partial charge on any atom is -0.352 e. The van der Waals surface area contributed by atoms with E-state index < -0.39 is 28.5 Å². The van der Waals surface area contributed by atoms with Gasteiger partial charge in [0.2, 0.25) is 21.8 Å². The van der Waals surface area contributed by atoms with E-state index >= 15 is 0 Å². The van der Waals surface area contributed by atoms with Crippen molar-refractivity contribution in [2.45, 2.75) is 52.1 Å². The molecular weight excluding hydrogens is 518 g/mol. The Labute approximate surface area is 211 Å². The molecule has 34 heavy (non-hydrogen) atoms. The molecule has 0 bridgehead atoms. The minimum atomic E-state index is -3.76. The van der Waals surface area contributed by atoms with Crippen molar-refractivity contribution in [3.8, 4) is 0 Å². The standard InChI is InChI=1S/C25H34BrN3O4S/c1-5-19(3)27-25(31)22(6-2)28(17-16-20-12-8-7-9-13-20)24(30)18-29(34(4,32)33)23-15-11-10-14-21(23)26/h7-15,19,22H,5-6,16-18H2,1-4H3,(H,27,31)/t19-,22-/m0/s1. The number of rotatable bonds is 12.